The predicted octanol–water partition coefficient (Wildman–Crippen LogP) is -3.65. The van der Waals surface area contributed by atoms with Gasteiger partial charge in [-0.2, -0.15) is 0 Å². The van der Waals surface area contributed by atoms with E-state index in [0.717, 1.165) is 0 Å². The van der Waals surface area contributed by atoms with E-state index in [1.54, 1.807) is 0 Å². The lowest BCUT2D eigenvalue weighted by atomic mass is 10.1. The summed E-state index contributed by atoms with van der Waals surface area (Å²) in [5, 5.41) is 15.9. The van der Waals surface area contributed by atoms with E-state index in [9.17, 15) is 24.0 Å². The third-order valence-corrected chi connectivity index (χ3v) is 3.52. The van der Waals surface area contributed by atoms with Gasteiger partial charge in [0.2, 0.25) is 23.6 Å². The van der Waals surface area contributed by atoms with Gasteiger partial charge in [-0.25, -0.2) is 9.78 Å². The van der Waals surface area contributed by atoms with Crippen LogP contribution in [0.5, 0.6) is 0 Å². The Hall–Kier alpha value is -3.48. The van der Waals surface area contributed by atoms with Crippen molar-refractivity contribution >= 4 is 29.6 Å². The largest absolute Gasteiger partial charge is 0.480 e. The lowest BCUT2D eigenvalue weighted by Gasteiger charge is -2.14. The number of aliphatic carboxylic acids is 1. The summed E-state index contributed by atoms with van der Waals surface area (Å²) in [6.07, 6.45) is 2.78. The molecule has 1 rings (SSSR count). The first kappa shape index (κ1) is 22.6. The molecule has 13 heteroatoms. The molecular weight excluding hydrogens is 374 g/mol. The number of amides is 4. The van der Waals surface area contributed by atoms with Crippen molar-refractivity contribution in [2.75, 3.05) is 13.1 Å². The summed E-state index contributed by atoms with van der Waals surface area (Å²) >= 11 is 0. The molecule has 2 unspecified atom stereocenters. The first-order valence-corrected chi connectivity index (χ1v) is 8.26. The summed E-state index contributed by atoms with van der Waals surface area (Å²) in [5.41, 5.74) is 11.0. The third-order valence-electron chi connectivity index (χ3n) is 3.52. The summed E-state index contributed by atoms with van der Waals surface area (Å²) in [5.74, 6) is -3.88. The fraction of sp³-hybridized carbons (Fsp3) is 0.467. The van der Waals surface area contributed by atoms with Crippen LogP contribution >= 0.6 is 0 Å². The molecule has 0 aliphatic heterocycles. The lowest BCUT2D eigenvalue weighted by Crippen LogP contribution is -2.49. The Balaban J connectivity index is 2.32. The summed E-state index contributed by atoms with van der Waals surface area (Å²) in [6, 6.07) is -2.20. The Bertz CT molecular complexity index is 706. The number of hydrogen-bond acceptors (Lipinski definition) is 7. The van der Waals surface area contributed by atoms with E-state index in [2.05, 4.69) is 25.9 Å². The van der Waals surface area contributed by atoms with Gasteiger partial charge in [0.1, 0.15) is 6.04 Å². The molecule has 0 saturated carbocycles. The molecule has 2 atom stereocenters. The van der Waals surface area contributed by atoms with E-state index in [1.807, 2.05) is 0 Å². The van der Waals surface area contributed by atoms with Crippen molar-refractivity contribution in [3.63, 3.8) is 0 Å². The maximum Gasteiger partial charge on any atom is 0.326 e. The zero-order valence-electron chi connectivity index (χ0n) is 14.9. The topological polar surface area (TPSA) is 222 Å². The normalized spacial score (nSPS) is 12.5. The van der Waals surface area contributed by atoms with Crippen LogP contribution in [-0.2, 0) is 30.4 Å². The van der Waals surface area contributed by atoms with E-state index < -0.39 is 54.8 Å². The SMILES string of the molecule is NC(=O)CCC(N)C(=O)NCC(=O)NCC(=O)NC(Cc1cnc[nH]1)C(=O)O. The van der Waals surface area contributed by atoms with Gasteiger partial charge in [0.05, 0.1) is 25.5 Å². The van der Waals surface area contributed by atoms with E-state index in [4.69, 9.17) is 16.6 Å². The van der Waals surface area contributed by atoms with Crippen LogP contribution in [0.2, 0.25) is 0 Å². The molecule has 0 fully saturated rings. The number of carboxylic acid groups (broad SMARTS) is 1. The van der Waals surface area contributed by atoms with Crippen LogP contribution in [-0.4, -0.2) is 69.8 Å². The fourth-order valence-corrected chi connectivity index (χ4v) is 2.03. The number of nitrogens with zero attached hydrogens (tertiary/aromatic N) is 1. The molecule has 0 spiro atoms. The molecule has 0 aliphatic rings. The number of imidazole rings is 1. The van der Waals surface area contributed by atoms with E-state index in [0.29, 0.717) is 5.69 Å². The second kappa shape index (κ2) is 11.3. The fourth-order valence-electron chi connectivity index (χ4n) is 2.03. The smallest absolute Gasteiger partial charge is 0.326 e. The Morgan fingerprint density at radius 3 is 2.39 bits per heavy atom. The van der Waals surface area contributed by atoms with E-state index in [1.165, 1.54) is 12.5 Å². The van der Waals surface area contributed by atoms with Crippen molar-refractivity contribution in [1.82, 2.24) is 25.9 Å². The maximum absolute atomic E-state index is 11.8. The summed E-state index contributed by atoms with van der Waals surface area (Å²) in [7, 11) is 0. The molecule has 1 aromatic rings. The van der Waals surface area contributed by atoms with Gasteiger partial charge in [-0.3, -0.25) is 19.2 Å². The van der Waals surface area contributed by atoms with Gasteiger partial charge in [0.15, 0.2) is 0 Å². The zero-order chi connectivity index (χ0) is 21.1. The highest BCUT2D eigenvalue weighted by molar-refractivity contribution is 5.90. The van der Waals surface area contributed by atoms with Crippen LogP contribution in [0, 0.1) is 0 Å². The molecule has 0 bridgehead atoms. The highest BCUT2D eigenvalue weighted by Crippen LogP contribution is 1.98. The second-order valence-electron chi connectivity index (χ2n) is 5.85. The zero-order valence-corrected chi connectivity index (χ0v) is 14.9. The number of aromatic nitrogens is 2. The molecular formula is C15H23N7O6. The summed E-state index contributed by atoms with van der Waals surface area (Å²) in [4.78, 5) is 63.5. The average molecular weight is 397 g/mol. The van der Waals surface area contributed by atoms with Gasteiger partial charge in [0, 0.05) is 24.7 Å². The minimum atomic E-state index is -1.24. The first-order valence-electron chi connectivity index (χ1n) is 8.26. The number of H-pyrrole nitrogens is 1. The molecule has 28 heavy (non-hydrogen) atoms. The lowest BCUT2D eigenvalue weighted by molar-refractivity contribution is -0.141. The minimum absolute atomic E-state index is 0.00569. The number of carboxylic acids is 1. The van der Waals surface area contributed by atoms with E-state index >= 15 is 0 Å². The van der Waals surface area contributed by atoms with Gasteiger partial charge < -0.3 is 37.5 Å². The Morgan fingerprint density at radius 2 is 1.82 bits per heavy atom. The summed E-state index contributed by atoms with van der Waals surface area (Å²) in [6.45, 7) is -0.915. The molecule has 9 N–H and O–H groups in total. The average Bonchev–Trinajstić information content (AvgIpc) is 3.14. The molecule has 1 aromatic heterocycles. The standard InChI is InChI=1S/C15H23N7O6/c16-9(1-2-11(17)23)14(26)20-5-12(24)19-6-13(25)22-10(15(27)28)3-8-4-18-7-21-8/h4,7,9-10H,1-3,5-6,16H2,(H2,17,23)(H,18,21)(H,19,24)(H,20,26)(H,22,25)(H,27,28). The molecule has 4 amide bonds. The minimum Gasteiger partial charge on any atom is -0.480 e. The first-order chi connectivity index (χ1) is 13.2. The number of aromatic amines is 1. The number of hydrogen-bond donors (Lipinski definition) is 7. The molecule has 0 saturated heterocycles. The number of nitrogens with two attached hydrogens (primary N) is 2. The van der Waals surface area contributed by atoms with Gasteiger partial charge in [0.25, 0.3) is 0 Å². The number of nitrogens with one attached hydrogen (secondary N) is 4. The van der Waals surface area contributed by atoms with Crippen molar-refractivity contribution < 1.29 is 29.1 Å². The van der Waals surface area contributed by atoms with Crippen molar-refractivity contribution in [3.8, 4) is 0 Å². The molecule has 0 aromatic carbocycles. The molecule has 154 valence electrons. The van der Waals surface area contributed by atoms with Crippen LogP contribution in [0.1, 0.15) is 18.5 Å². The molecule has 13 nitrogen and oxygen atoms in total. The van der Waals surface area contributed by atoms with Gasteiger partial charge >= 0.3 is 5.97 Å². The highest BCUT2D eigenvalue weighted by atomic mass is 16.4. The van der Waals surface area contributed by atoms with Gasteiger partial charge in [-0.05, 0) is 6.42 Å². The molecule has 0 aliphatic carbocycles. The van der Waals surface area contributed by atoms with E-state index in [-0.39, 0.29) is 19.3 Å². The number of carbonyl (C=O) groups is 5. The van der Waals surface area contributed by atoms with Crippen LogP contribution in [0.15, 0.2) is 12.5 Å². The van der Waals surface area contributed by atoms with Gasteiger partial charge in [-0.1, -0.05) is 0 Å². The third kappa shape index (κ3) is 8.75. The highest BCUT2D eigenvalue weighted by Gasteiger charge is 2.21. The van der Waals surface area contributed by atoms with Crippen molar-refractivity contribution in [2.24, 2.45) is 11.5 Å². The Labute approximate surface area is 159 Å². The Kier molecular flexibility index (Phi) is 9.09. The maximum atomic E-state index is 11.8. The van der Waals surface area contributed by atoms with Crippen LogP contribution in [0.3, 0.4) is 0 Å². The monoisotopic (exact) mass is 397 g/mol. The van der Waals surface area contributed by atoms with Crippen molar-refractivity contribution in [1.29, 1.82) is 0 Å². The Morgan fingerprint density at radius 1 is 1.14 bits per heavy atom. The molecule has 1 heterocycles. The predicted molar refractivity (Wildman–Crippen MR) is 94.3 cm³/mol. The van der Waals surface area contributed by atoms with Crippen molar-refractivity contribution in [3.05, 3.63) is 18.2 Å². The quantitative estimate of drug-likeness (QED) is 0.186. The van der Waals surface area contributed by atoms with Crippen LogP contribution in [0.4, 0.5) is 0 Å². The van der Waals surface area contributed by atoms with Crippen molar-refractivity contribution in [2.45, 2.75) is 31.3 Å². The molecule has 0 radical (unpaired) electrons. The van der Waals surface area contributed by atoms with Gasteiger partial charge in [-0.15, -0.1) is 0 Å². The second-order valence-corrected chi connectivity index (χ2v) is 5.85. The summed E-state index contributed by atoms with van der Waals surface area (Å²) < 4.78 is 0. The number of primary amides is 1. The van der Waals surface area contributed by atoms with Crippen LogP contribution < -0.4 is 27.4 Å². The van der Waals surface area contributed by atoms with Crippen LogP contribution in [0.25, 0.3) is 0 Å². The number of rotatable bonds is 12. The number of carbonyl (C=O) groups excluding carboxylic acids is 4.